The van der Waals surface area contributed by atoms with E-state index in [1.165, 1.54) is 11.1 Å². The van der Waals surface area contributed by atoms with Crippen LogP contribution in [-0.2, 0) is 13.5 Å². The standard InChI is InChI=1S/C12H17N5/c1-14-11(10-7-16-17(2)8-10)5-9-3-4-15-12(13)6-9/h3-4,6-8,11,14H,5H2,1-2H3,(H2,13,15). The molecule has 2 aromatic rings. The lowest BCUT2D eigenvalue weighted by atomic mass is 10.0. The van der Waals surface area contributed by atoms with Crippen molar-refractivity contribution >= 4 is 5.82 Å². The Morgan fingerprint density at radius 3 is 2.94 bits per heavy atom. The molecule has 2 rings (SSSR count). The number of rotatable bonds is 4. The number of nitrogens with zero attached hydrogens (tertiary/aromatic N) is 3. The molecular weight excluding hydrogens is 214 g/mol. The largest absolute Gasteiger partial charge is 0.384 e. The molecule has 3 N–H and O–H groups in total. The van der Waals surface area contributed by atoms with Gasteiger partial charge >= 0.3 is 0 Å². The van der Waals surface area contributed by atoms with Crippen LogP contribution in [0.4, 0.5) is 5.82 Å². The van der Waals surface area contributed by atoms with Crippen molar-refractivity contribution in [3.8, 4) is 0 Å². The molecule has 0 saturated carbocycles. The average Bonchev–Trinajstić information content (AvgIpc) is 2.73. The molecule has 0 saturated heterocycles. The van der Waals surface area contributed by atoms with Crippen LogP contribution in [0.3, 0.4) is 0 Å². The number of likely N-dealkylation sites (N-methyl/N-ethyl adjacent to an activating group) is 1. The molecule has 0 spiro atoms. The van der Waals surface area contributed by atoms with Crippen molar-refractivity contribution in [1.29, 1.82) is 0 Å². The highest BCUT2D eigenvalue weighted by molar-refractivity contribution is 5.32. The van der Waals surface area contributed by atoms with Crippen LogP contribution in [0.5, 0.6) is 0 Å². The van der Waals surface area contributed by atoms with Crippen LogP contribution in [0.2, 0.25) is 0 Å². The molecule has 1 atom stereocenters. The Labute approximate surface area is 101 Å². The molecule has 1 unspecified atom stereocenters. The molecule has 0 bridgehead atoms. The molecule has 0 fully saturated rings. The fraction of sp³-hybridized carbons (Fsp3) is 0.333. The third-order valence-corrected chi connectivity index (χ3v) is 2.76. The molecule has 90 valence electrons. The van der Waals surface area contributed by atoms with Crippen molar-refractivity contribution in [2.45, 2.75) is 12.5 Å². The molecule has 0 aliphatic carbocycles. The summed E-state index contributed by atoms with van der Waals surface area (Å²) in [4.78, 5) is 3.99. The van der Waals surface area contributed by atoms with E-state index in [4.69, 9.17) is 5.73 Å². The lowest BCUT2D eigenvalue weighted by molar-refractivity contribution is 0.591. The number of hydrogen-bond acceptors (Lipinski definition) is 4. The Kier molecular flexibility index (Phi) is 3.39. The van der Waals surface area contributed by atoms with Crippen molar-refractivity contribution in [2.24, 2.45) is 7.05 Å². The Hall–Kier alpha value is -1.88. The van der Waals surface area contributed by atoms with Gasteiger partial charge in [0.05, 0.1) is 6.20 Å². The first kappa shape index (κ1) is 11.6. The van der Waals surface area contributed by atoms with Gasteiger partial charge in [-0.1, -0.05) is 0 Å². The number of nitrogens with two attached hydrogens (primary N) is 1. The Balaban J connectivity index is 2.15. The predicted octanol–water partition coefficient (Wildman–Crippen LogP) is 0.900. The average molecular weight is 231 g/mol. The molecule has 5 nitrogen and oxygen atoms in total. The number of nitrogen functional groups attached to an aromatic ring is 1. The monoisotopic (exact) mass is 231 g/mol. The predicted molar refractivity (Wildman–Crippen MR) is 67.4 cm³/mol. The van der Waals surface area contributed by atoms with E-state index in [0.717, 1.165) is 6.42 Å². The summed E-state index contributed by atoms with van der Waals surface area (Å²) in [5, 5.41) is 7.47. The first-order valence-electron chi connectivity index (χ1n) is 5.55. The van der Waals surface area contributed by atoms with Crippen molar-refractivity contribution in [3.05, 3.63) is 41.9 Å². The Morgan fingerprint density at radius 2 is 2.35 bits per heavy atom. The van der Waals surface area contributed by atoms with E-state index in [0.29, 0.717) is 5.82 Å². The van der Waals surface area contributed by atoms with E-state index in [2.05, 4.69) is 15.4 Å². The number of anilines is 1. The van der Waals surface area contributed by atoms with E-state index in [1.807, 2.05) is 38.6 Å². The molecule has 5 heteroatoms. The number of aryl methyl sites for hydroxylation is 1. The SMILES string of the molecule is CNC(Cc1ccnc(N)c1)c1cnn(C)c1. The maximum absolute atomic E-state index is 5.67. The van der Waals surface area contributed by atoms with E-state index in [-0.39, 0.29) is 6.04 Å². The minimum absolute atomic E-state index is 0.241. The van der Waals surface area contributed by atoms with Gasteiger partial charge in [-0.2, -0.15) is 5.10 Å². The van der Waals surface area contributed by atoms with E-state index < -0.39 is 0 Å². The quantitative estimate of drug-likeness (QED) is 0.820. The minimum Gasteiger partial charge on any atom is -0.384 e. The zero-order chi connectivity index (χ0) is 12.3. The fourth-order valence-corrected chi connectivity index (χ4v) is 1.86. The summed E-state index contributed by atoms with van der Waals surface area (Å²) in [7, 11) is 3.86. The van der Waals surface area contributed by atoms with E-state index in [1.54, 1.807) is 10.9 Å². The van der Waals surface area contributed by atoms with Crippen molar-refractivity contribution in [1.82, 2.24) is 20.1 Å². The molecule has 2 heterocycles. The van der Waals surface area contributed by atoms with Crippen molar-refractivity contribution < 1.29 is 0 Å². The van der Waals surface area contributed by atoms with Crippen LogP contribution >= 0.6 is 0 Å². The van der Waals surface area contributed by atoms with Crippen LogP contribution in [0, 0.1) is 0 Å². The third kappa shape index (κ3) is 2.82. The van der Waals surface area contributed by atoms with Crippen LogP contribution in [0.1, 0.15) is 17.2 Å². The summed E-state index contributed by atoms with van der Waals surface area (Å²) in [5.41, 5.74) is 8.01. The first-order valence-corrected chi connectivity index (χ1v) is 5.55. The van der Waals surface area contributed by atoms with Crippen LogP contribution < -0.4 is 11.1 Å². The zero-order valence-electron chi connectivity index (χ0n) is 10.1. The normalized spacial score (nSPS) is 12.6. The van der Waals surface area contributed by atoms with Crippen LogP contribution in [0.25, 0.3) is 0 Å². The Bertz CT molecular complexity index is 491. The third-order valence-electron chi connectivity index (χ3n) is 2.76. The second-order valence-corrected chi connectivity index (χ2v) is 4.08. The summed E-state index contributed by atoms with van der Waals surface area (Å²) >= 11 is 0. The summed E-state index contributed by atoms with van der Waals surface area (Å²) in [6.45, 7) is 0. The molecule has 2 aromatic heterocycles. The lowest BCUT2D eigenvalue weighted by Gasteiger charge is -2.14. The molecule has 0 aromatic carbocycles. The first-order chi connectivity index (χ1) is 8.19. The fourth-order valence-electron chi connectivity index (χ4n) is 1.86. The van der Waals surface area contributed by atoms with Gasteiger partial charge in [0.25, 0.3) is 0 Å². The zero-order valence-corrected chi connectivity index (χ0v) is 10.1. The molecule has 0 aliphatic rings. The maximum Gasteiger partial charge on any atom is 0.123 e. The van der Waals surface area contributed by atoms with Gasteiger partial charge in [0.15, 0.2) is 0 Å². The molecular formula is C12H17N5. The minimum atomic E-state index is 0.241. The number of pyridine rings is 1. The van der Waals surface area contributed by atoms with Crippen molar-refractivity contribution in [2.75, 3.05) is 12.8 Å². The van der Waals surface area contributed by atoms with Gasteiger partial charge in [0.2, 0.25) is 0 Å². The van der Waals surface area contributed by atoms with Gasteiger partial charge in [-0.15, -0.1) is 0 Å². The number of nitrogens with one attached hydrogen (secondary N) is 1. The smallest absolute Gasteiger partial charge is 0.123 e. The number of aromatic nitrogens is 3. The van der Waals surface area contributed by atoms with Gasteiger partial charge in [0.1, 0.15) is 5.82 Å². The topological polar surface area (TPSA) is 68.8 Å². The molecule has 17 heavy (non-hydrogen) atoms. The van der Waals surface area contributed by atoms with Gasteiger partial charge < -0.3 is 11.1 Å². The van der Waals surface area contributed by atoms with Gasteiger partial charge in [0, 0.05) is 31.0 Å². The van der Waals surface area contributed by atoms with Crippen LogP contribution in [0.15, 0.2) is 30.7 Å². The highest BCUT2D eigenvalue weighted by atomic mass is 15.2. The van der Waals surface area contributed by atoms with Gasteiger partial charge in [-0.25, -0.2) is 4.98 Å². The van der Waals surface area contributed by atoms with Gasteiger partial charge in [-0.3, -0.25) is 4.68 Å². The Morgan fingerprint density at radius 1 is 1.53 bits per heavy atom. The molecule has 0 aliphatic heterocycles. The summed E-state index contributed by atoms with van der Waals surface area (Å²) in [6.07, 6.45) is 6.51. The maximum atomic E-state index is 5.67. The summed E-state index contributed by atoms with van der Waals surface area (Å²) in [6, 6.07) is 4.13. The second kappa shape index (κ2) is 4.97. The van der Waals surface area contributed by atoms with Crippen molar-refractivity contribution in [3.63, 3.8) is 0 Å². The summed E-state index contributed by atoms with van der Waals surface area (Å²) in [5.74, 6) is 0.559. The second-order valence-electron chi connectivity index (χ2n) is 4.08. The molecule has 0 amide bonds. The van der Waals surface area contributed by atoms with E-state index in [9.17, 15) is 0 Å². The number of hydrogen-bond donors (Lipinski definition) is 2. The van der Waals surface area contributed by atoms with Gasteiger partial charge in [-0.05, 0) is 31.2 Å². The summed E-state index contributed by atoms with van der Waals surface area (Å²) < 4.78 is 1.81. The molecule has 0 radical (unpaired) electrons. The highest BCUT2D eigenvalue weighted by Crippen LogP contribution is 2.17. The van der Waals surface area contributed by atoms with Crippen LogP contribution in [-0.4, -0.2) is 21.8 Å². The van der Waals surface area contributed by atoms with E-state index >= 15 is 0 Å². The lowest BCUT2D eigenvalue weighted by Crippen LogP contribution is -2.18. The highest BCUT2D eigenvalue weighted by Gasteiger charge is 2.11.